The molecule has 29 heavy (non-hydrogen) atoms. The maximum absolute atomic E-state index is 12.1. The summed E-state index contributed by atoms with van der Waals surface area (Å²) in [5, 5.41) is 18.8. The fourth-order valence-corrected chi connectivity index (χ4v) is 3.12. The van der Waals surface area contributed by atoms with Crippen LogP contribution in [0.25, 0.3) is 0 Å². The summed E-state index contributed by atoms with van der Waals surface area (Å²) in [6.07, 6.45) is 2.85. The van der Waals surface area contributed by atoms with Gasteiger partial charge in [0.15, 0.2) is 0 Å². The molecule has 2 aromatic rings. The molecule has 0 saturated carbocycles. The zero-order valence-electron chi connectivity index (χ0n) is 15.9. The predicted molar refractivity (Wildman–Crippen MR) is 111 cm³/mol. The van der Waals surface area contributed by atoms with Crippen molar-refractivity contribution in [1.29, 1.82) is 0 Å². The van der Waals surface area contributed by atoms with Gasteiger partial charge in [0, 0.05) is 42.2 Å². The van der Waals surface area contributed by atoms with Gasteiger partial charge in [0.2, 0.25) is 5.91 Å². The van der Waals surface area contributed by atoms with E-state index in [9.17, 15) is 19.7 Å². The second-order valence-electron chi connectivity index (χ2n) is 6.81. The Labute approximate surface area is 168 Å². The van der Waals surface area contributed by atoms with E-state index in [0.29, 0.717) is 23.5 Å². The summed E-state index contributed by atoms with van der Waals surface area (Å²) in [7, 11) is 0. The van der Waals surface area contributed by atoms with Gasteiger partial charge in [-0.05, 0) is 56.3 Å². The molecule has 0 bridgehead atoms. The maximum Gasteiger partial charge on any atom is 0.323 e. The number of benzene rings is 2. The molecule has 1 saturated heterocycles. The first-order valence-corrected chi connectivity index (χ1v) is 9.44. The van der Waals surface area contributed by atoms with Crippen molar-refractivity contribution in [3.63, 3.8) is 0 Å². The number of anilines is 3. The van der Waals surface area contributed by atoms with Gasteiger partial charge in [0.05, 0.1) is 4.92 Å². The van der Waals surface area contributed by atoms with Crippen molar-refractivity contribution < 1.29 is 14.5 Å². The summed E-state index contributed by atoms with van der Waals surface area (Å²) < 4.78 is 0. The SMILES string of the molecule is O=C(CCN1CCCC1)Nc1ccc(NC(=O)Nc2cccc([N+](=O)[O-])c2)cc1. The lowest BCUT2D eigenvalue weighted by Crippen LogP contribution is -2.25. The van der Waals surface area contributed by atoms with Gasteiger partial charge in [-0.3, -0.25) is 14.9 Å². The van der Waals surface area contributed by atoms with Gasteiger partial charge in [-0.15, -0.1) is 0 Å². The molecule has 3 amide bonds. The average molecular weight is 397 g/mol. The summed E-state index contributed by atoms with van der Waals surface area (Å²) in [6.45, 7) is 2.89. The van der Waals surface area contributed by atoms with Crippen LogP contribution in [0, 0.1) is 10.1 Å². The van der Waals surface area contributed by atoms with Crippen LogP contribution in [0.5, 0.6) is 0 Å². The molecule has 3 N–H and O–H groups in total. The first-order valence-electron chi connectivity index (χ1n) is 9.44. The van der Waals surface area contributed by atoms with E-state index in [1.54, 1.807) is 30.3 Å². The molecule has 1 heterocycles. The largest absolute Gasteiger partial charge is 0.326 e. The molecule has 0 spiro atoms. The number of nitro groups is 1. The standard InChI is InChI=1S/C20H23N5O4/c26-19(10-13-24-11-1-2-12-24)21-15-6-8-16(9-7-15)22-20(27)23-17-4-3-5-18(14-17)25(28)29/h3-9,14H,1-2,10-13H2,(H,21,26)(H2,22,23,27). The van der Waals surface area contributed by atoms with Crippen molar-refractivity contribution in [2.24, 2.45) is 0 Å². The number of urea groups is 1. The molecule has 1 fully saturated rings. The van der Waals surface area contributed by atoms with Crippen molar-refractivity contribution in [2.75, 3.05) is 35.6 Å². The van der Waals surface area contributed by atoms with Crippen LogP contribution in [0.15, 0.2) is 48.5 Å². The Morgan fingerprint density at radius 2 is 1.55 bits per heavy atom. The topological polar surface area (TPSA) is 117 Å². The fourth-order valence-electron chi connectivity index (χ4n) is 3.12. The first-order chi connectivity index (χ1) is 14.0. The zero-order chi connectivity index (χ0) is 20.6. The van der Waals surface area contributed by atoms with Crippen molar-refractivity contribution in [2.45, 2.75) is 19.3 Å². The molecule has 0 atom stereocenters. The zero-order valence-corrected chi connectivity index (χ0v) is 15.9. The number of carbonyl (C=O) groups is 2. The molecular formula is C20H23N5O4. The van der Waals surface area contributed by atoms with Crippen LogP contribution in [-0.2, 0) is 4.79 Å². The van der Waals surface area contributed by atoms with Gasteiger partial charge in [-0.2, -0.15) is 0 Å². The lowest BCUT2D eigenvalue weighted by Gasteiger charge is -2.14. The minimum absolute atomic E-state index is 0.0407. The Balaban J connectivity index is 1.46. The van der Waals surface area contributed by atoms with Crippen LogP contribution in [0.1, 0.15) is 19.3 Å². The van der Waals surface area contributed by atoms with Crippen molar-refractivity contribution in [3.8, 4) is 0 Å². The number of hydrogen-bond acceptors (Lipinski definition) is 5. The van der Waals surface area contributed by atoms with Gasteiger partial charge in [-0.25, -0.2) is 4.79 Å². The molecule has 1 aliphatic rings. The van der Waals surface area contributed by atoms with Gasteiger partial charge < -0.3 is 20.9 Å². The van der Waals surface area contributed by atoms with Crippen LogP contribution < -0.4 is 16.0 Å². The molecule has 3 rings (SSSR count). The highest BCUT2D eigenvalue weighted by molar-refractivity contribution is 6.00. The van der Waals surface area contributed by atoms with E-state index in [0.717, 1.165) is 19.6 Å². The highest BCUT2D eigenvalue weighted by atomic mass is 16.6. The van der Waals surface area contributed by atoms with E-state index >= 15 is 0 Å². The van der Waals surface area contributed by atoms with Gasteiger partial charge in [0.25, 0.3) is 5.69 Å². The number of nitrogens with one attached hydrogen (secondary N) is 3. The van der Waals surface area contributed by atoms with Crippen LogP contribution >= 0.6 is 0 Å². The number of nitrogens with zero attached hydrogens (tertiary/aromatic N) is 2. The molecule has 0 aromatic heterocycles. The average Bonchev–Trinajstić information content (AvgIpc) is 3.22. The van der Waals surface area contributed by atoms with Crippen molar-refractivity contribution in [1.82, 2.24) is 4.90 Å². The second-order valence-corrected chi connectivity index (χ2v) is 6.81. The highest BCUT2D eigenvalue weighted by Gasteiger charge is 2.13. The Hall–Kier alpha value is -3.46. The van der Waals surface area contributed by atoms with Crippen LogP contribution in [0.3, 0.4) is 0 Å². The summed E-state index contributed by atoms with van der Waals surface area (Å²) in [6, 6.07) is 11.9. The third kappa shape index (κ3) is 6.28. The third-order valence-electron chi connectivity index (χ3n) is 4.60. The normalized spacial score (nSPS) is 13.7. The van der Waals surface area contributed by atoms with E-state index < -0.39 is 11.0 Å². The van der Waals surface area contributed by atoms with Crippen molar-refractivity contribution in [3.05, 3.63) is 58.6 Å². The predicted octanol–water partition coefficient (Wildman–Crippen LogP) is 3.66. The van der Waals surface area contributed by atoms with E-state index in [4.69, 9.17) is 0 Å². The number of hydrogen-bond donors (Lipinski definition) is 3. The molecule has 0 unspecified atom stereocenters. The third-order valence-corrected chi connectivity index (χ3v) is 4.60. The van der Waals surface area contributed by atoms with Crippen LogP contribution in [0.2, 0.25) is 0 Å². The number of carbonyl (C=O) groups excluding carboxylic acids is 2. The van der Waals surface area contributed by atoms with Gasteiger partial charge in [-0.1, -0.05) is 6.07 Å². The molecule has 0 radical (unpaired) electrons. The summed E-state index contributed by atoms with van der Waals surface area (Å²) in [4.78, 5) is 36.7. The lowest BCUT2D eigenvalue weighted by atomic mass is 10.2. The quantitative estimate of drug-likeness (QED) is 0.487. The number of rotatable bonds is 7. The molecule has 152 valence electrons. The molecule has 9 heteroatoms. The monoisotopic (exact) mass is 397 g/mol. The van der Waals surface area contributed by atoms with Crippen LogP contribution in [-0.4, -0.2) is 41.4 Å². The van der Waals surface area contributed by atoms with Gasteiger partial charge >= 0.3 is 6.03 Å². The minimum atomic E-state index is -0.527. The van der Waals surface area contributed by atoms with Gasteiger partial charge in [0.1, 0.15) is 0 Å². The lowest BCUT2D eigenvalue weighted by molar-refractivity contribution is -0.384. The first kappa shape index (κ1) is 20.3. The second kappa shape index (κ2) is 9.65. The Morgan fingerprint density at radius 3 is 2.21 bits per heavy atom. The number of non-ortho nitro benzene ring substituents is 1. The Morgan fingerprint density at radius 1 is 0.931 bits per heavy atom. The maximum atomic E-state index is 12.1. The fraction of sp³-hybridized carbons (Fsp3) is 0.300. The number of amides is 3. The van der Waals surface area contributed by atoms with E-state index in [1.165, 1.54) is 31.0 Å². The summed E-state index contributed by atoms with van der Waals surface area (Å²) in [5.74, 6) is -0.0407. The molecule has 1 aliphatic heterocycles. The van der Waals surface area contributed by atoms with Crippen molar-refractivity contribution >= 4 is 34.7 Å². The minimum Gasteiger partial charge on any atom is -0.326 e. The summed E-state index contributed by atoms with van der Waals surface area (Å²) >= 11 is 0. The highest BCUT2D eigenvalue weighted by Crippen LogP contribution is 2.18. The summed E-state index contributed by atoms with van der Waals surface area (Å²) in [5.41, 5.74) is 1.40. The van der Waals surface area contributed by atoms with E-state index in [1.807, 2.05) is 0 Å². The molecular weight excluding hydrogens is 374 g/mol. The van der Waals surface area contributed by atoms with E-state index in [2.05, 4.69) is 20.9 Å². The molecule has 0 aliphatic carbocycles. The number of likely N-dealkylation sites (tertiary alicyclic amines) is 1. The Kier molecular flexibility index (Phi) is 6.75. The van der Waals surface area contributed by atoms with Crippen LogP contribution in [0.4, 0.5) is 27.5 Å². The molecule has 2 aromatic carbocycles. The Bertz CT molecular complexity index is 879. The molecule has 9 nitrogen and oxygen atoms in total. The van der Waals surface area contributed by atoms with E-state index in [-0.39, 0.29) is 11.6 Å². The smallest absolute Gasteiger partial charge is 0.323 e. The number of nitro benzene ring substituents is 1.